The van der Waals surface area contributed by atoms with Crippen LogP contribution in [0.25, 0.3) is 22.3 Å². The van der Waals surface area contributed by atoms with Gasteiger partial charge in [0.05, 0.1) is 24.0 Å². The van der Waals surface area contributed by atoms with Crippen LogP contribution in [0.5, 0.6) is 0 Å². The van der Waals surface area contributed by atoms with E-state index in [2.05, 4.69) is 31.7 Å². The minimum absolute atomic E-state index is 0.00272. The van der Waals surface area contributed by atoms with Gasteiger partial charge in [-0.1, -0.05) is 24.6 Å². The molecule has 0 bridgehead atoms. The standard InChI is InChI=1S/C25H32ClFN8O2S/c1-5-31-8-10-32(11-9-31)20-7-6-18(12-19(20)26)22-23-21(35(30-22)38-27)13-28-24(29-23)34-16(2)14-33(15-17(34)3)25(36)37-4/h6-7,12-13,16-17H,5,8-11,14-15H2,1-4H3. The van der Waals surface area contributed by atoms with Crippen LogP contribution >= 0.6 is 23.9 Å². The zero-order valence-corrected chi connectivity index (χ0v) is 23.5. The summed E-state index contributed by atoms with van der Waals surface area (Å²) in [4.78, 5) is 30.0. The van der Waals surface area contributed by atoms with Crippen molar-refractivity contribution in [3.8, 4) is 11.3 Å². The van der Waals surface area contributed by atoms with Crippen LogP contribution in [-0.2, 0) is 4.74 Å². The highest BCUT2D eigenvalue weighted by molar-refractivity contribution is 7.92. The molecule has 2 saturated heterocycles. The van der Waals surface area contributed by atoms with Crippen LogP contribution in [0.15, 0.2) is 24.4 Å². The summed E-state index contributed by atoms with van der Waals surface area (Å²) in [7, 11) is 1.38. The molecule has 5 rings (SSSR count). The highest BCUT2D eigenvalue weighted by Crippen LogP contribution is 2.36. The number of methoxy groups -OCH3 is 1. The zero-order chi connectivity index (χ0) is 27.0. The minimum atomic E-state index is -0.351. The third kappa shape index (κ3) is 4.96. The summed E-state index contributed by atoms with van der Waals surface area (Å²) in [5.41, 5.74) is 3.28. The molecule has 2 unspecified atom stereocenters. The highest BCUT2D eigenvalue weighted by atomic mass is 35.5. The average molecular weight is 563 g/mol. The number of carbonyl (C=O) groups excluding carboxylic acids is 1. The van der Waals surface area contributed by atoms with Crippen molar-refractivity contribution >= 4 is 52.7 Å². The van der Waals surface area contributed by atoms with Crippen molar-refractivity contribution in [3.05, 3.63) is 29.4 Å². The van der Waals surface area contributed by atoms with E-state index in [1.54, 1.807) is 11.1 Å². The van der Waals surface area contributed by atoms with Gasteiger partial charge in [0, 0.05) is 56.9 Å². The van der Waals surface area contributed by atoms with Crippen molar-refractivity contribution in [3.63, 3.8) is 0 Å². The van der Waals surface area contributed by atoms with Crippen LogP contribution in [-0.4, -0.2) is 100 Å². The van der Waals surface area contributed by atoms with E-state index in [0.29, 0.717) is 40.8 Å². The number of ether oxygens (including phenoxy) is 1. The Morgan fingerprint density at radius 1 is 1.18 bits per heavy atom. The Morgan fingerprint density at radius 3 is 2.50 bits per heavy atom. The molecule has 0 spiro atoms. The van der Waals surface area contributed by atoms with Crippen molar-refractivity contribution in [1.29, 1.82) is 0 Å². The first kappa shape index (κ1) is 26.8. The number of fused-ring (bicyclic) bond motifs is 1. The minimum Gasteiger partial charge on any atom is -0.453 e. The van der Waals surface area contributed by atoms with Crippen LogP contribution in [0, 0.1) is 0 Å². The van der Waals surface area contributed by atoms with Gasteiger partial charge in [-0.15, -0.1) is 3.89 Å². The van der Waals surface area contributed by atoms with Gasteiger partial charge in [-0.2, -0.15) is 9.19 Å². The van der Waals surface area contributed by atoms with Gasteiger partial charge in [0.1, 0.15) is 16.7 Å². The number of carbonyl (C=O) groups is 1. The molecule has 2 aliphatic heterocycles. The normalized spacial score (nSPS) is 20.8. The zero-order valence-electron chi connectivity index (χ0n) is 22.0. The monoisotopic (exact) mass is 562 g/mol. The van der Waals surface area contributed by atoms with Crippen molar-refractivity contribution in [1.82, 2.24) is 29.0 Å². The lowest BCUT2D eigenvalue weighted by molar-refractivity contribution is 0.109. The SMILES string of the molecule is CCN1CCN(c2ccc(-c3nn(SF)c4cnc(N5C(C)CN(C(=O)OC)CC5C)nc34)cc2Cl)CC1. The summed E-state index contributed by atoms with van der Waals surface area (Å²) in [5.74, 6) is 0.503. The number of halogens is 2. The number of piperazine rings is 2. The molecule has 2 atom stereocenters. The van der Waals surface area contributed by atoms with E-state index in [4.69, 9.17) is 21.3 Å². The topological polar surface area (TPSA) is 82.9 Å². The summed E-state index contributed by atoms with van der Waals surface area (Å²) in [5, 5.41) is 5.11. The van der Waals surface area contributed by atoms with Crippen LogP contribution < -0.4 is 9.80 Å². The summed E-state index contributed by atoms with van der Waals surface area (Å²) < 4.78 is 19.9. The molecule has 1 aromatic carbocycles. The predicted octanol–water partition coefficient (Wildman–Crippen LogP) is 4.33. The molecule has 38 heavy (non-hydrogen) atoms. The van der Waals surface area contributed by atoms with Gasteiger partial charge >= 0.3 is 6.09 Å². The van der Waals surface area contributed by atoms with Gasteiger partial charge in [0.15, 0.2) is 12.3 Å². The van der Waals surface area contributed by atoms with E-state index >= 15 is 0 Å². The molecular weight excluding hydrogens is 531 g/mol. The Kier molecular flexibility index (Phi) is 7.83. The number of rotatable bonds is 5. The summed E-state index contributed by atoms with van der Waals surface area (Å²) in [6, 6.07) is 5.74. The van der Waals surface area contributed by atoms with Crippen molar-refractivity contribution in [2.24, 2.45) is 0 Å². The molecule has 2 aliphatic rings. The predicted molar refractivity (Wildman–Crippen MR) is 150 cm³/mol. The first-order valence-corrected chi connectivity index (χ1v) is 13.8. The summed E-state index contributed by atoms with van der Waals surface area (Å²) in [6.07, 6.45) is 1.24. The molecule has 0 radical (unpaired) electrons. The second-order valence-electron chi connectivity index (χ2n) is 9.76. The fraction of sp³-hybridized carbons (Fsp3) is 0.520. The lowest BCUT2D eigenvalue weighted by Crippen LogP contribution is -2.58. The fourth-order valence-corrected chi connectivity index (χ4v) is 6.08. The van der Waals surface area contributed by atoms with Crippen molar-refractivity contribution in [2.45, 2.75) is 32.9 Å². The number of nitrogens with zero attached hydrogens (tertiary/aromatic N) is 8. The summed E-state index contributed by atoms with van der Waals surface area (Å²) >= 11 is 6.77. The van der Waals surface area contributed by atoms with Gasteiger partial charge in [-0.25, -0.2) is 14.8 Å². The largest absolute Gasteiger partial charge is 0.453 e. The Hall–Kier alpha value is -2.83. The smallest absolute Gasteiger partial charge is 0.409 e. The van der Waals surface area contributed by atoms with Gasteiger partial charge in [0.2, 0.25) is 5.95 Å². The van der Waals surface area contributed by atoms with Gasteiger partial charge < -0.3 is 24.3 Å². The molecule has 0 aliphatic carbocycles. The van der Waals surface area contributed by atoms with Crippen LogP contribution in [0.3, 0.4) is 0 Å². The first-order valence-electron chi connectivity index (χ1n) is 12.8. The third-order valence-corrected chi connectivity index (χ3v) is 8.12. The van der Waals surface area contributed by atoms with E-state index in [1.165, 1.54) is 11.2 Å². The lowest BCUT2D eigenvalue weighted by atomic mass is 10.1. The second-order valence-corrected chi connectivity index (χ2v) is 10.7. The fourth-order valence-electron chi connectivity index (χ4n) is 5.45. The summed E-state index contributed by atoms with van der Waals surface area (Å²) in [6.45, 7) is 12.0. The number of likely N-dealkylation sites (N-methyl/N-ethyl adjacent to an activating group) is 1. The number of benzene rings is 1. The molecular formula is C25H32ClFN8O2S. The van der Waals surface area contributed by atoms with E-state index in [1.807, 2.05) is 32.0 Å². The van der Waals surface area contributed by atoms with E-state index < -0.39 is 0 Å². The Balaban J connectivity index is 1.47. The number of hydrogen-bond acceptors (Lipinski definition) is 9. The van der Waals surface area contributed by atoms with Crippen LogP contribution in [0.4, 0.5) is 20.3 Å². The highest BCUT2D eigenvalue weighted by Gasteiger charge is 2.34. The Labute approximate surface area is 231 Å². The third-order valence-electron chi connectivity index (χ3n) is 7.41. The molecule has 0 N–H and O–H groups in total. The first-order chi connectivity index (χ1) is 18.3. The van der Waals surface area contributed by atoms with E-state index in [-0.39, 0.29) is 30.5 Å². The quantitative estimate of drug-likeness (QED) is 0.451. The van der Waals surface area contributed by atoms with E-state index in [0.717, 1.165) is 44.0 Å². The second kappa shape index (κ2) is 11.1. The molecule has 0 saturated carbocycles. The molecule has 10 nitrogen and oxygen atoms in total. The Morgan fingerprint density at radius 2 is 1.89 bits per heavy atom. The molecule has 4 heterocycles. The number of aromatic nitrogens is 4. The Bertz CT molecular complexity index is 1310. The molecule has 3 aromatic rings. The van der Waals surface area contributed by atoms with Gasteiger partial charge in [0.25, 0.3) is 0 Å². The molecule has 2 fully saturated rings. The molecule has 1 amide bonds. The molecule has 204 valence electrons. The van der Waals surface area contributed by atoms with Crippen LogP contribution in [0.1, 0.15) is 20.8 Å². The maximum atomic E-state index is 13.8. The van der Waals surface area contributed by atoms with Crippen LogP contribution in [0.2, 0.25) is 5.02 Å². The average Bonchev–Trinajstić information content (AvgIpc) is 3.30. The number of amides is 1. The maximum Gasteiger partial charge on any atom is 0.409 e. The molecule has 13 heteroatoms. The van der Waals surface area contributed by atoms with Gasteiger partial charge in [-0.3, -0.25) is 0 Å². The number of hydrogen-bond donors (Lipinski definition) is 0. The van der Waals surface area contributed by atoms with Gasteiger partial charge in [-0.05, 0) is 32.5 Å². The number of anilines is 2. The maximum absolute atomic E-state index is 13.8. The van der Waals surface area contributed by atoms with E-state index in [9.17, 15) is 8.68 Å². The lowest BCUT2D eigenvalue weighted by Gasteiger charge is -2.43. The van der Waals surface area contributed by atoms with Crippen molar-refractivity contribution < 1.29 is 13.4 Å². The molecule has 2 aromatic heterocycles. The van der Waals surface area contributed by atoms with Crippen molar-refractivity contribution in [2.75, 3.05) is 62.7 Å².